The molecule has 1 atom stereocenters. The molecule has 0 heterocycles. The van der Waals surface area contributed by atoms with E-state index in [4.69, 9.17) is 9.47 Å². The highest BCUT2D eigenvalue weighted by Crippen LogP contribution is 2.11. The van der Waals surface area contributed by atoms with E-state index in [1.54, 1.807) is 0 Å². The normalized spacial score (nSPS) is 12.5. The highest BCUT2D eigenvalue weighted by atomic mass is 16.6. The van der Waals surface area contributed by atoms with Crippen molar-refractivity contribution in [2.24, 2.45) is 0 Å². The summed E-state index contributed by atoms with van der Waals surface area (Å²) in [5.41, 5.74) is 0. The van der Waals surface area contributed by atoms with Crippen molar-refractivity contribution in [3.63, 3.8) is 0 Å². The van der Waals surface area contributed by atoms with Gasteiger partial charge in [0.25, 0.3) is 0 Å². The number of hydrogen-bond donors (Lipinski definition) is 1. The number of hydrogen-bond acceptors (Lipinski definition) is 5. The van der Waals surface area contributed by atoms with Gasteiger partial charge in [-0.15, -0.1) is 0 Å². The summed E-state index contributed by atoms with van der Waals surface area (Å²) in [4.78, 5) is 24.1. The summed E-state index contributed by atoms with van der Waals surface area (Å²) in [6.07, 6.45) is 39.0. The molecule has 0 aliphatic carbocycles. The molecule has 0 aliphatic rings. The molecule has 0 saturated heterocycles. The Kier molecular flexibility index (Phi) is 32.1. The van der Waals surface area contributed by atoms with Gasteiger partial charge in [0.05, 0.1) is 6.61 Å². The molecule has 0 spiro atoms. The first kappa shape index (κ1) is 40.1. The van der Waals surface area contributed by atoms with Crippen LogP contribution in [0.25, 0.3) is 0 Å². The molecule has 0 radical (unpaired) electrons. The number of aliphatic hydroxyl groups excluding tert-OH is 1. The minimum atomic E-state index is -0.779. The molecule has 42 heavy (non-hydrogen) atoms. The molecule has 0 aromatic heterocycles. The number of esters is 2. The van der Waals surface area contributed by atoms with Gasteiger partial charge in [-0.05, 0) is 70.6 Å². The van der Waals surface area contributed by atoms with Crippen molar-refractivity contribution in [1.29, 1.82) is 0 Å². The second-order valence-electron chi connectivity index (χ2n) is 11.6. The summed E-state index contributed by atoms with van der Waals surface area (Å²) >= 11 is 0. The summed E-state index contributed by atoms with van der Waals surface area (Å²) in [6, 6.07) is 0. The van der Waals surface area contributed by atoms with Gasteiger partial charge in [-0.1, -0.05) is 121 Å². The summed E-state index contributed by atoms with van der Waals surface area (Å²) in [6.45, 7) is 4.06. The van der Waals surface area contributed by atoms with Crippen molar-refractivity contribution >= 4 is 11.9 Å². The summed E-state index contributed by atoms with van der Waals surface area (Å²) in [7, 11) is 0. The van der Waals surface area contributed by atoms with E-state index in [0.717, 1.165) is 64.2 Å². The Hall–Kier alpha value is -1.88. The first-order chi connectivity index (χ1) is 20.6. The summed E-state index contributed by atoms with van der Waals surface area (Å²) in [5.74, 6) is -0.619. The van der Waals surface area contributed by atoms with Crippen LogP contribution >= 0.6 is 0 Å². The third-order valence-corrected chi connectivity index (χ3v) is 7.41. The molecule has 0 unspecified atom stereocenters. The molecule has 5 heteroatoms. The quantitative estimate of drug-likeness (QED) is 0.0494. The van der Waals surface area contributed by atoms with Gasteiger partial charge in [0, 0.05) is 12.8 Å². The van der Waals surface area contributed by atoms with Crippen molar-refractivity contribution < 1.29 is 24.2 Å². The number of ether oxygens (including phenoxy) is 2. The number of allylic oxidation sites excluding steroid dienone is 6. The second kappa shape index (κ2) is 33.6. The molecule has 1 N–H and O–H groups in total. The molecule has 0 bridgehead atoms. The maximum absolute atomic E-state index is 12.1. The molecule has 244 valence electrons. The van der Waals surface area contributed by atoms with Crippen LogP contribution in [0.1, 0.15) is 168 Å². The zero-order chi connectivity index (χ0) is 30.8. The van der Waals surface area contributed by atoms with Gasteiger partial charge in [-0.2, -0.15) is 0 Å². The van der Waals surface area contributed by atoms with Gasteiger partial charge in [-0.3, -0.25) is 9.59 Å². The van der Waals surface area contributed by atoms with Gasteiger partial charge < -0.3 is 14.6 Å². The van der Waals surface area contributed by atoms with Gasteiger partial charge in [-0.25, -0.2) is 0 Å². The Morgan fingerprint density at radius 3 is 1.48 bits per heavy atom. The van der Waals surface area contributed by atoms with Crippen LogP contribution < -0.4 is 0 Å². The minimum absolute atomic E-state index is 0.0754. The maximum Gasteiger partial charge on any atom is 0.306 e. The van der Waals surface area contributed by atoms with Crippen LogP contribution in [0.3, 0.4) is 0 Å². The monoisotopic (exact) mass is 590 g/mol. The van der Waals surface area contributed by atoms with E-state index in [-0.39, 0.29) is 25.2 Å². The number of carbonyl (C=O) groups is 2. The van der Waals surface area contributed by atoms with Crippen LogP contribution in [0.2, 0.25) is 0 Å². The van der Waals surface area contributed by atoms with Crippen molar-refractivity contribution in [2.75, 3.05) is 13.2 Å². The Bertz CT molecular complexity index is 682. The van der Waals surface area contributed by atoms with Crippen LogP contribution in [-0.4, -0.2) is 36.4 Å². The third kappa shape index (κ3) is 31.1. The fourth-order valence-electron chi connectivity index (χ4n) is 4.69. The molecule has 0 amide bonds. The molecule has 0 saturated carbocycles. The lowest BCUT2D eigenvalue weighted by molar-refractivity contribution is -0.161. The SMILES string of the molecule is CCCCC/C=C/C/C=C/CCCCCCCC(=O)O[C@@H](CO)COC(=O)CCCCCCC/C=C/CCCCCC. The van der Waals surface area contributed by atoms with E-state index in [2.05, 4.69) is 50.3 Å². The van der Waals surface area contributed by atoms with E-state index in [9.17, 15) is 14.7 Å². The van der Waals surface area contributed by atoms with E-state index < -0.39 is 6.10 Å². The predicted octanol–water partition coefficient (Wildman–Crippen LogP) is 10.5. The Morgan fingerprint density at radius 2 is 0.952 bits per heavy atom. The van der Waals surface area contributed by atoms with Crippen LogP contribution in [0.5, 0.6) is 0 Å². The molecule has 0 aromatic carbocycles. The smallest absolute Gasteiger partial charge is 0.306 e. The second-order valence-corrected chi connectivity index (χ2v) is 11.6. The lowest BCUT2D eigenvalue weighted by atomic mass is 10.1. The Balaban J connectivity index is 3.62. The minimum Gasteiger partial charge on any atom is -0.462 e. The standard InChI is InChI=1S/C37H66O5/c1-3-5-7-9-11-13-15-17-18-20-22-24-26-28-30-32-37(40)42-35(33-38)34-41-36(39)31-29-27-25-23-21-19-16-14-12-10-8-6-4-2/h11,13-14,16-18,35,38H,3-10,12,15,19-34H2,1-2H3/b13-11+,16-14+,18-17+/t35-/m0/s1. The largest absolute Gasteiger partial charge is 0.462 e. The average molecular weight is 591 g/mol. The number of aliphatic hydroxyl groups is 1. The van der Waals surface area contributed by atoms with Gasteiger partial charge in [0.15, 0.2) is 6.10 Å². The number of unbranched alkanes of at least 4 members (excludes halogenated alkanes) is 17. The number of rotatable bonds is 31. The fourth-order valence-corrected chi connectivity index (χ4v) is 4.69. The first-order valence-corrected chi connectivity index (χ1v) is 17.5. The molecule has 0 aromatic rings. The highest BCUT2D eigenvalue weighted by molar-refractivity contribution is 5.70. The van der Waals surface area contributed by atoms with E-state index >= 15 is 0 Å². The van der Waals surface area contributed by atoms with Crippen molar-refractivity contribution in [3.8, 4) is 0 Å². The molecule has 0 aliphatic heterocycles. The average Bonchev–Trinajstić information content (AvgIpc) is 2.99. The lowest BCUT2D eigenvalue weighted by Gasteiger charge is -2.15. The first-order valence-electron chi connectivity index (χ1n) is 17.5. The lowest BCUT2D eigenvalue weighted by Crippen LogP contribution is -2.28. The molecule has 0 fully saturated rings. The Morgan fingerprint density at radius 1 is 0.548 bits per heavy atom. The van der Waals surface area contributed by atoms with E-state index in [0.29, 0.717) is 12.8 Å². The molecule has 0 rings (SSSR count). The van der Waals surface area contributed by atoms with Gasteiger partial charge in [0.2, 0.25) is 0 Å². The molecule has 5 nitrogen and oxygen atoms in total. The third-order valence-electron chi connectivity index (χ3n) is 7.41. The highest BCUT2D eigenvalue weighted by Gasteiger charge is 2.16. The van der Waals surface area contributed by atoms with Crippen molar-refractivity contribution in [3.05, 3.63) is 36.5 Å². The summed E-state index contributed by atoms with van der Waals surface area (Å²) in [5, 5.41) is 9.51. The predicted molar refractivity (Wildman–Crippen MR) is 178 cm³/mol. The zero-order valence-corrected chi connectivity index (χ0v) is 27.5. The maximum atomic E-state index is 12.1. The van der Waals surface area contributed by atoms with Gasteiger partial charge >= 0.3 is 11.9 Å². The van der Waals surface area contributed by atoms with Crippen LogP contribution in [0.4, 0.5) is 0 Å². The Labute approximate surface area is 259 Å². The fraction of sp³-hybridized carbons (Fsp3) is 0.784. The van der Waals surface area contributed by atoms with Crippen LogP contribution in [0.15, 0.2) is 36.5 Å². The number of carbonyl (C=O) groups excluding carboxylic acids is 2. The topological polar surface area (TPSA) is 72.8 Å². The van der Waals surface area contributed by atoms with Crippen LogP contribution in [0, 0.1) is 0 Å². The van der Waals surface area contributed by atoms with Crippen LogP contribution in [-0.2, 0) is 19.1 Å². The van der Waals surface area contributed by atoms with E-state index in [1.807, 2.05) is 0 Å². The molecular formula is C37H66O5. The van der Waals surface area contributed by atoms with E-state index in [1.165, 1.54) is 77.0 Å². The summed E-state index contributed by atoms with van der Waals surface area (Å²) < 4.78 is 10.5. The van der Waals surface area contributed by atoms with Crippen molar-refractivity contribution in [1.82, 2.24) is 0 Å². The zero-order valence-electron chi connectivity index (χ0n) is 27.5. The van der Waals surface area contributed by atoms with Gasteiger partial charge in [0.1, 0.15) is 6.61 Å². The van der Waals surface area contributed by atoms with Crippen molar-refractivity contribution in [2.45, 2.75) is 174 Å². The molecular weight excluding hydrogens is 524 g/mol.